The molecule has 0 saturated heterocycles. The van der Waals surface area contributed by atoms with Gasteiger partial charge in [0.25, 0.3) is 5.91 Å². The molecule has 33 heavy (non-hydrogen) atoms. The largest absolute Gasteiger partial charge is 0.468 e. The maximum Gasteiger partial charge on any atom is 0.256 e. The van der Waals surface area contributed by atoms with Gasteiger partial charge in [-0.25, -0.2) is 13.1 Å². The normalized spacial score (nSPS) is 11.4. The number of benzene rings is 2. The zero-order chi connectivity index (χ0) is 23.3. The average Bonchev–Trinajstić information content (AvgIpc) is 3.48. The molecule has 2 N–H and O–H groups in total. The van der Waals surface area contributed by atoms with Crippen molar-refractivity contribution in [2.45, 2.75) is 29.0 Å². The molecule has 2 heterocycles. The standard InChI is InChI=1S/C22H20N4O5S2/c1-15-24-21(26-31-15)14-32-20-10-3-2-9-19(20)22(27)25-16-6-4-8-18(12-16)33(28,29)23-13-17-7-5-11-30-17/h2-12,23H,13-14H2,1H3,(H,25,27). The number of nitrogens with zero attached hydrogens (tertiary/aromatic N) is 2. The Kier molecular flexibility index (Phi) is 6.92. The highest BCUT2D eigenvalue weighted by molar-refractivity contribution is 7.98. The molecule has 0 radical (unpaired) electrons. The number of aryl methyl sites for hydroxylation is 1. The molecule has 0 aliphatic carbocycles. The van der Waals surface area contributed by atoms with Gasteiger partial charge < -0.3 is 14.3 Å². The molecule has 2 aromatic heterocycles. The Morgan fingerprint density at radius 1 is 1.09 bits per heavy atom. The SMILES string of the molecule is Cc1nc(CSc2ccccc2C(=O)Nc2cccc(S(=O)(=O)NCc3ccco3)c2)no1. The number of thioether (sulfide) groups is 1. The number of anilines is 1. The Hall–Kier alpha value is -3.41. The second-order valence-electron chi connectivity index (χ2n) is 6.90. The second kappa shape index (κ2) is 10.0. The van der Waals surface area contributed by atoms with Crippen LogP contribution in [-0.2, 0) is 22.3 Å². The van der Waals surface area contributed by atoms with Crippen molar-refractivity contribution < 1.29 is 22.2 Å². The summed E-state index contributed by atoms with van der Waals surface area (Å²) in [5.41, 5.74) is 0.807. The van der Waals surface area contributed by atoms with Crippen LogP contribution in [-0.4, -0.2) is 24.5 Å². The number of sulfonamides is 1. The highest BCUT2D eigenvalue weighted by Crippen LogP contribution is 2.26. The lowest BCUT2D eigenvalue weighted by Gasteiger charge is -2.11. The molecule has 0 aliphatic heterocycles. The highest BCUT2D eigenvalue weighted by atomic mass is 32.2. The Bertz CT molecular complexity index is 1350. The van der Waals surface area contributed by atoms with E-state index in [1.54, 1.807) is 43.3 Å². The number of hydrogen-bond donors (Lipinski definition) is 2. The van der Waals surface area contributed by atoms with Crippen LogP contribution < -0.4 is 10.0 Å². The zero-order valence-electron chi connectivity index (χ0n) is 17.5. The van der Waals surface area contributed by atoms with Crippen LogP contribution in [0.4, 0.5) is 5.69 Å². The first-order valence-electron chi connectivity index (χ1n) is 9.85. The van der Waals surface area contributed by atoms with Crippen molar-refractivity contribution in [2.24, 2.45) is 0 Å². The van der Waals surface area contributed by atoms with Crippen LogP contribution in [0.15, 0.2) is 85.7 Å². The van der Waals surface area contributed by atoms with Crippen LogP contribution in [0, 0.1) is 6.92 Å². The van der Waals surface area contributed by atoms with Crippen molar-refractivity contribution in [2.75, 3.05) is 5.32 Å². The molecule has 1 amide bonds. The molecule has 4 rings (SSSR count). The van der Waals surface area contributed by atoms with Crippen LogP contribution in [0.1, 0.15) is 27.8 Å². The Morgan fingerprint density at radius 2 is 1.94 bits per heavy atom. The monoisotopic (exact) mass is 484 g/mol. The minimum atomic E-state index is -3.79. The molecular weight excluding hydrogens is 464 g/mol. The molecular formula is C22H20N4O5S2. The van der Waals surface area contributed by atoms with E-state index in [2.05, 4.69) is 20.2 Å². The summed E-state index contributed by atoms with van der Waals surface area (Å²) in [6.45, 7) is 1.74. The van der Waals surface area contributed by atoms with E-state index in [4.69, 9.17) is 8.94 Å². The molecule has 0 aliphatic rings. The van der Waals surface area contributed by atoms with Gasteiger partial charge in [0.15, 0.2) is 5.82 Å². The second-order valence-corrected chi connectivity index (χ2v) is 9.68. The van der Waals surface area contributed by atoms with Gasteiger partial charge in [0.1, 0.15) is 5.76 Å². The molecule has 4 aromatic rings. The molecule has 0 fully saturated rings. The molecule has 0 bridgehead atoms. The van der Waals surface area contributed by atoms with Crippen molar-refractivity contribution in [1.82, 2.24) is 14.9 Å². The maximum atomic E-state index is 12.9. The van der Waals surface area contributed by atoms with Gasteiger partial charge in [-0.3, -0.25) is 4.79 Å². The topological polar surface area (TPSA) is 127 Å². The summed E-state index contributed by atoms with van der Waals surface area (Å²) < 4.78 is 37.8. The van der Waals surface area contributed by atoms with E-state index in [1.807, 2.05) is 12.1 Å². The fraction of sp³-hybridized carbons (Fsp3) is 0.136. The number of nitrogens with one attached hydrogen (secondary N) is 2. The van der Waals surface area contributed by atoms with E-state index in [9.17, 15) is 13.2 Å². The molecule has 0 saturated carbocycles. The Labute approximate surface area is 194 Å². The highest BCUT2D eigenvalue weighted by Gasteiger charge is 2.17. The van der Waals surface area contributed by atoms with Gasteiger partial charge in [-0.1, -0.05) is 23.4 Å². The van der Waals surface area contributed by atoms with Crippen LogP contribution in [0.2, 0.25) is 0 Å². The smallest absolute Gasteiger partial charge is 0.256 e. The number of aromatic nitrogens is 2. The van der Waals surface area contributed by atoms with Crippen molar-refractivity contribution in [3.05, 3.63) is 90.0 Å². The molecule has 0 atom stereocenters. The third-order valence-corrected chi connectivity index (χ3v) is 6.95. The van der Waals surface area contributed by atoms with Gasteiger partial charge in [-0.15, -0.1) is 11.8 Å². The number of hydrogen-bond acceptors (Lipinski definition) is 8. The van der Waals surface area contributed by atoms with Gasteiger partial charge in [0.05, 0.1) is 29.0 Å². The van der Waals surface area contributed by atoms with Crippen molar-refractivity contribution in [1.29, 1.82) is 0 Å². The Balaban J connectivity index is 1.45. The summed E-state index contributed by atoms with van der Waals surface area (Å²) in [5, 5.41) is 6.63. The number of carbonyl (C=O) groups excluding carboxylic acids is 1. The molecule has 0 spiro atoms. The predicted molar refractivity (Wildman–Crippen MR) is 122 cm³/mol. The van der Waals surface area contributed by atoms with E-state index in [0.717, 1.165) is 4.90 Å². The number of amides is 1. The first-order valence-corrected chi connectivity index (χ1v) is 12.3. The van der Waals surface area contributed by atoms with Crippen molar-refractivity contribution in [3.8, 4) is 0 Å². The molecule has 2 aromatic carbocycles. The first kappa shape index (κ1) is 22.8. The van der Waals surface area contributed by atoms with E-state index < -0.39 is 10.0 Å². The minimum absolute atomic E-state index is 0.0242. The maximum absolute atomic E-state index is 12.9. The number of carbonyl (C=O) groups is 1. The van der Waals surface area contributed by atoms with Crippen molar-refractivity contribution in [3.63, 3.8) is 0 Å². The van der Waals surface area contributed by atoms with E-state index >= 15 is 0 Å². The Morgan fingerprint density at radius 3 is 2.70 bits per heavy atom. The lowest BCUT2D eigenvalue weighted by atomic mass is 10.2. The fourth-order valence-electron chi connectivity index (χ4n) is 2.92. The predicted octanol–water partition coefficient (Wildman–Crippen LogP) is 3.99. The molecule has 9 nitrogen and oxygen atoms in total. The van der Waals surface area contributed by atoms with E-state index in [1.165, 1.54) is 30.2 Å². The summed E-state index contributed by atoms with van der Waals surface area (Å²) in [7, 11) is -3.79. The van der Waals surface area contributed by atoms with Gasteiger partial charge in [0.2, 0.25) is 15.9 Å². The summed E-state index contributed by atoms with van der Waals surface area (Å²) in [6.07, 6.45) is 1.47. The lowest BCUT2D eigenvalue weighted by Crippen LogP contribution is -2.23. The fourth-order valence-corrected chi connectivity index (χ4v) is 4.86. The summed E-state index contributed by atoms with van der Waals surface area (Å²) >= 11 is 1.40. The third-order valence-electron chi connectivity index (χ3n) is 4.48. The van der Waals surface area contributed by atoms with Crippen LogP contribution in [0.25, 0.3) is 0 Å². The van der Waals surface area contributed by atoms with E-state index in [0.29, 0.717) is 34.5 Å². The zero-order valence-corrected chi connectivity index (χ0v) is 19.2. The number of rotatable bonds is 9. The first-order chi connectivity index (χ1) is 15.9. The van der Waals surface area contributed by atoms with Gasteiger partial charge in [0, 0.05) is 17.5 Å². The third kappa shape index (κ3) is 5.89. The molecule has 11 heteroatoms. The summed E-state index contributed by atoms with van der Waals surface area (Å²) in [4.78, 5) is 17.9. The molecule has 170 valence electrons. The van der Waals surface area contributed by atoms with Crippen LogP contribution >= 0.6 is 11.8 Å². The van der Waals surface area contributed by atoms with E-state index in [-0.39, 0.29) is 17.3 Å². The van der Waals surface area contributed by atoms with Crippen LogP contribution in [0.3, 0.4) is 0 Å². The van der Waals surface area contributed by atoms with Gasteiger partial charge in [-0.05, 0) is 42.5 Å². The van der Waals surface area contributed by atoms with Gasteiger partial charge in [-0.2, -0.15) is 4.98 Å². The lowest BCUT2D eigenvalue weighted by molar-refractivity contribution is 0.102. The average molecular weight is 485 g/mol. The minimum Gasteiger partial charge on any atom is -0.468 e. The quantitative estimate of drug-likeness (QED) is 0.341. The van der Waals surface area contributed by atoms with Gasteiger partial charge >= 0.3 is 0 Å². The summed E-state index contributed by atoms with van der Waals surface area (Å²) in [6, 6.07) is 16.5. The van der Waals surface area contributed by atoms with Crippen LogP contribution in [0.5, 0.6) is 0 Å². The molecule has 0 unspecified atom stereocenters. The number of furan rings is 1. The summed E-state index contributed by atoms with van der Waals surface area (Å²) in [5.74, 6) is 1.59. The van der Waals surface area contributed by atoms with Crippen molar-refractivity contribution >= 4 is 33.4 Å².